The zero-order valence-corrected chi connectivity index (χ0v) is 11.2. The van der Waals surface area contributed by atoms with Gasteiger partial charge in [0, 0.05) is 12.6 Å². The van der Waals surface area contributed by atoms with E-state index in [1.807, 2.05) is 6.92 Å². The molecular weight excluding hydrogens is 234 g/mol. The number of hydrogen-bond acceptors (Lipinski definition) is 4. The number of rotatable bonds is 4. The Bertz CT molecular complexity index is 391. The highest BCUT2D eigenvalue weighted by molar-refractivity contribution is 7.11. The molecule has 2 rings (SSSR count). The minimum absolute atomic E-state index is 0.0213. The molecule has 0 aromatic carbocycles. The summed E-state index contributed by atoms with van der Waals surface area (Å²) in [6.07, 6.45) is 2.43. The molecule has 0 radical (unpaired) electrons. The number of likely N-dealkylation sites (N-methyl/N-ethyl adjacent to an activating group) is 1. The molecule has 17 heavy (non-hydrogen) atoms. The van der Waals surface area contributed by atoms with Crippen LogP contribution in [0.2, 0.25) is 0 Å². The third-order valence-corrected chi connectivity index (χ3v) is 4.28. The zero-order valence-electron chi connectivity index (χ0n) is 10.4. The van der Waals surface area contributed by atoms with Gasteiger partial charge in [0.2, 0.25) is 0 Å². The van der Waals surface area contributed by atoms with Gasteiger partial charge in [0.25, 0.3) is 5.91 Å². The van der Waals surface area contributed by atoms with Crippen LogP contribution in [0.25, 0.3) is 0 Å². The van der Waals surface area contributed by atoms with Crippen molar-refractivity contribution in [2.24, 2.45) is 0 Å². The number of nitrogens with one attached hydrogen (secondary N) is 1. The van der Waals surface area contributed by atoms with E-state index >= 15 is 0 Å². The van der Waals surface area contributed by atoms with Crippen LogP contribution < -0.4 is 5.32 Å². The van der Waals surface area contributed by atoms with Gasteiger partial charge in [-0.3, -0.25) is 9.69 Å². The predicted octanol–water partition coefficient (Wildman–Crippen LogP) is 1.67. The van der Waals surface area contributed by atoms with Crippen LogP contribution in [0, 0.1) is 6.92 Å². The van der Waals surface area contributed by atoms with Gasteiger partial charge in [0.15, 0.2) is 0 Å². The first-order chi connectivity index (χ1) is 8.22. The largest absolute Gasteiger partial charge is 0.350 e. The maximum absolute atomic E-state index is 11.9. The van der Waals surface area contributed by atoms with E-state index in [2.05, 4.69) is 22.1 Å². The third kappa shape index (κ3) is 2.84. The molecule has 94 valence electrons. The Morgan fingerprint density at radius 3 is 3.18 bits per heavy atom. The Morgan fingerprint density at radius 1 is 1.71 bits per heavy atom. The van der Waals surface area contributed by atoms with Crippen LogP contribution in [0.3, 0.4) is 0 Å². The molecule has 0 unspecified atom stereocenters. The molecule has 1 aliphatic heterocycles. The molecule has 1 aromatic rings. The summed E-state index contributed by atoms with van der Waals surface area (Å²) in [4.78, 5) is 19.2. The number of carbonyl (C=O) groups is 1. The number of likely N-dealkylation sites (tertiary alicyclic amines) is 1. The Hall–Kier alpha value is -0.940. The summed E-state index contributed by atoms with van der Waals surface area (Å²) < 4.78 is 0. The lowest BCUT2D eigenvalue weighted by molar-refractivity contribution is 0.0944. The van der Waals surface area contributed by atoms with Crippen LogP contribution in [0.15, 0.2) is 5.51 Å². The molecule has 0 bridgehead atoms. The summed E-state index contributed by atoms with van der Waals surface area (Å²) in [5, 5.41) is 3.02. The van der Waals surface area contributed by atoms with E-state index in [1.165, 1.54) is 24.2 Å². The maximum Gasteiger partial charge on any atom is 0.263 e. The van der Waals surface area contributed by atoms with E-state index < -0.39 is 0 Å². The quantitative estimate of drug-likeness (QED) is 0.887. The van der Waals surface area contributed by atoms with Crippen LogP contribution >= 0.6 is 11.3 Å². The van der Waals surface area contributed by atoms with Crippen LogP contribution in [0.1, 0.15) is 35.1 Å². The van der Waals surface area contributed by atoms with Gasteiger partial charge in [0.1, 0.15) is 4.88 Å². The third-order valence-electron chi connectivity index (χ3n) is 3.36. The molecular formula is C12H19N3OS. The highest BCUT2D eigenvalue weighted by atomic mass is 32.1. The molecule has 1 fully saturated rings. The first-order valence-electron chi connectivity index (χ1n) is 6.14. The van der Waals surface area contributed by atoms with Gasteiger partial charge in [-0.15, -0.1) is 11.3 Å². The van der Waals surface area contributed by atoms with Gasteiger partial charge in [-0.25, -0.2) is 4.98 Å². The molecule has 4 nitrogen and oxygen atoms in total. The average Bonchev–Trinajstić information content (AvgIpc) is 2.94. The fraction of sp³-hybridized carbons (Fsp3) is 0.667. The summed E-state index contributed by atoms with van der Waals surface area (Å²) in [5.41, 5.74) is 2.55. The summed E-state index contributed by atoms with van der Waals surface area (Å²) in [7, 11) is 0. The van der Waals surface area contributed by atoms with Gasteiger partial charge in [0.05, 0.1) is 11.2 Å². The van der Waals surface area contributed by atoms with Gasteiger partial charge in [-0.05, 0) is 32.9 Å². The Kier molecular flexibility index (Phi) is 4.12. The Labute approximate surface area is 106 Å². The molecule has 1 N–H and O–H groups in total. The fourth-order valence-corrected chi connectivity index (χ4v) is 3.07. The van der Waals surface area contributed by atoms with E-state index in [0.29, 0.717) is 6.04 Å². The number of aromatic nitrogens is 1. The summed E-state index contributed by atoms with van der Waals surface area (Å²) in [6.45, 7) is 7.04. The van der Waals surface area contributed by atoms with Crippen molar-refractivity contribution in [2.75, 3.05) is 19.6 Å². The van der Waals surface area contributed by atoms with Gasteiger partial charge < -0.3 is 5.32 Å². The van der Waals surface area contributed by atoms with Gasteiger partial charge >= 0.3 is 0 Å². The Morgan fingerprint density at radius 2 is 2.53 bits per heavy atom. The molecule has 1 aliphatic rings. The average molecular weight is 253 g/mol. The minimum Gasteiger partial charge on any atom is -0.350 e. The van der Waals surface area contributed by atoms with Crippen LogP contribution in [-0.2, 0) is 0 Å². The number of amides is 1. The summed E-state index contributed by atoms with van der Waals surface area (Å²) in [6, 6.07) is 0.511. The summed E-state index contributed by atoms with van der Waals surface area (Å²) >= 11 is 1.41. The highest BCUT2D eigenvalue weighted by Gasteiger charge is 2.23. The van der Waals surface area contributed by atoms with E-state index in [4.69, 9.17) is 0 Å². The second-order valence-corrected chi connectivity index (χ2v) is 5.26. The molecule has 1 aromatic heterocycles. The zero-order chi connectivity index (χ0) is 12.3. The van der Waals surface area contributed by atoms with Gasteiger partial charge in [-0.2, -0.15) is 0 Å². The molecule has 2 heterocycles. The van der Waals surface area contributed by atoms with Crippen LogP contribution in [0.5, 0.6) is 0 Å². The van der Waals surface area contributed by atoms with E-state index in [-0.39, 0.29) is 5.91 Å². The molecule has 0 aliphatic carbocycles. The van der Waals surface area contributed by atoms with Crippen molar-refractivity contribution in [3.05, 3.63) is 16.1 Å². The summed E-state index contributed by atoms with van der Waals surface area (Å²) in [5.74, 6) is 0.0213. The second-order valence-electron chi connectivity index (χ2n) is 4.40. The molecule has 0 spiro atoms. The maximum atomic E-state index is 11.9. The molecule has 0 saturated carbocycles. The lowest BCUT2D eigenvalue weighted by Gasteiger charge is -2.22. The number of hydrogen-bond donors (Lipinski definition) is 1. The molecule has 1 saturated heterocycles. The Balaban J connectivity index is 1.86. The van der Waals surface area contributed by atoms with Crippen molar-refractivity contribution in [3.8, 4) is 0 Å². The number of nitrogens with zero attached hydrogens (tertiary/aromatic N) is 2. The SMILES string of the molecule is CCN1CCC[C@H]1CNC(=O)c1scnc1C. The van der Waals surface area contributed by atoms with E-state index in [9.17, 15) is 4.79 Å². The van der Waals surface area contributed by atoms with E-state index in [1.54, 1.807) is 5.51 Å². The lowest BCUT2D eigenvalue weighted by atomic mass is 10.2. The van der Waals surface area contributed by atoms with Crippen molar-refractivity contribution in [1.82, 2.24) is 15.2 Å². The van der Waals surface area contributed by atoms with Crippen LogP contribution in [-0.4, -0.2) is 41.5 Å². The minimum atomic E-state index is 0.0213. The first kappa shape index (κ1) is 12.5. The molecule has 1 amide bonds. The lowest BCUT2D eigenvalue weighted by Crippen LogP contribution is -2.39. The van der Waals surface area contributed by atoms with Crippen molar-refractivity contribution >= 4 is 17.2 Å². The van der Waals surface area contributed by atoms with Crippen molar-refractivity contribution in [2.45, 2.75) is 32.7 Å². The van der Waals surface area contributed by atoms with Gasteiger partial charge in [-0.1, -0.05) is 6.92 Å². The highest BCUT2D eigenvalue weighted by Crippen LogP contribution is 2.16. The molecule has 5 heteroatoms. The number of thiazole rings is 1. The first-order valence-corrected chi connectivity index (χ1v) is 7.02. The van der Waals surface area contributed by atoms with Crippen molar-refractivity contribution in [1.29, 1.82) is 0 Å². The smallest absolute Gasteiger partial charge is 0.263 e. The second kappa shape index (κ2) is 5.60. The standard InChI is InChI=1S/C12H19N3OS/c1-3-15-6-4-5-10(15)7-13-12(16)11-9(2)14-8-17-11/h8,10H,3-7H2,1-2H3,(H,13,16)/t10-/m0/s1. The van der Waals surface area contributed by atoms with Crippen LogP contribution in [0.4, 0.5) is 0 Å². The normalized spacial score (nSPS) is 20.7. The number of carbonyl (C=O) groups excluding carboxylic acids is 1. The topological polar surface area (TPSA) is 45.2 Å². The number of aryl methyl sites for hydroxylation is 1. The van der Waals surface area contributed by atoms with Crippen molar-refractivity contribution < 1.29 is 4.79 Å². The van der Waals surface area contributed by atoms with Crippen molar-refractivity contribution in [3.63, 3.8) is 0 Å². The predicted molar refractivity (Wildman–Crippen MR) is 69.5 cm³/mol. The fourth-order valence-electron chi connectivity index (χ4n) is 2.35. The monoisotopic (exact) mass is 253 g/mol. The van der Waals surface area contributed by atoms with E-state index in [0.717, 1.165) is 30.2 Å². The molecule has 1 atom stereocenters.